The van der Waals surface area contributed by atoms with Gasteiger partial charge in [0.05, 0.1) is 23.3 Å². The second-order valence-corrected chi connectivity index (χ2v) is 16.4. The summed E-state index contributed by atoms with van der Waals surface area (Å²) in [5, 5.41) is 12.3. The topological polar surface area (TPSA) is 175 Å². The van der Waals surface area contributed by atoms with Crippen LogP contribution < -0.4 is 26.0 Å². The van der Waals surface area contributed by atoms with Crippen LogP contribution in [0.2, 0.25) is 5.02 Å². The zero-order valence-electron chi connectivity index (χ0n) is 32.7. The number of aromatic nitrogens is 2. The number of carbonyl (C=O) groups excluding carboxylic acids is 5. The first kappa shape index (κ1) is 41.8. The maximum absolute atomic E-state index is 13.7. The van der Waals surface area contributed by atoms with Crippen LogP contribution in [0.1, 0.15) is 73.7 Å². The number of piperidine rings is 2. The smallest absolute Gasteiger partial charge is 0.255 e. The highest BCUT2D eigenvalue weighted by Gasteiger charge is 2.39. The summed E-state index contributed by atoms with van der Waals surface area (Å²) in [6.07, 6.45) is 6.65. The molecule has 0 radical (unpaired) electrons. The second kappa shape index (κ2) is 19.2. The van der Waals surface area contributed by atoms with Gasteiger partial charge in [0.2, 0.25) is 23.6 Å². The third kappa shape index (κ3) is 10.3. The number of carbonyl (C=O) groups is 5. The molecule has 4 aromatic rings. The molecule has 2 saturated heterocycles. The Hall–Kier alpha value is -5.32. The molecule has 1 aromatic heterocycles. The number of methoxy groups -OCH3 is 1. The van der Waals surface area contributed by atoms with E-state index in [2.05, 4.69) is 36.1 Å². The van der Waals surface area contributed by atoms with E-state index in [1.807, 2.05) is 12.1 Å². The molecule has 14 nitrogen and oxygen atoms in total. The minimum atomic E-state index is -0.641. The Bertz CT molecular complexity index is 2260. The number of rotatable bonds is 16. The molecular weight excluding hydrogens is 799 g/mol. The van der Waals surface area contributed by atoms with Crippen molar-refractivity contribution in [3.05, 3.63) is 76.8 Å². The van der Waals surface area contributed by atoms with Crippen LogP contribution in [-0.2, 0) is 25.7 Å². The maximum atomic E-state index is 13.7. The van der Waals surface area contributed by atoms with Gasteiger partial charge in [0.1, 0.15) is 29.8 Å². The van der Waals surface area contributed by atoms with E-state index >= 15 is 0 Å². The largest absolute Gasteiger partial charge is 0.494 e. The first-order valence-electron chi connectivity index (χ1n) is 19.8. The highest BCUT2D eigenvalue weighted by Crippen LogP contribution is 2.36. The maximum Gasteiger partial charge on any atom is 0.255 e. The van der Waals surface area contributed by atoms with E-state index in [1.54, 1.807) is 40.9 Å². The Labute approximate surface area is 350 Å². The Balaban J connectivity index is 0.793. The number of likely N-dealkylation sites (tertiary alicyclic amines) is 1. The van der Waals surface area contributed by atoms with Crippen molar-refractivity contribution >= 4 is 81.0 Å². The van der Waals surface area contributed by atoms with E-state index in [9.17, 15) is 28.4 Å². The summed E-state index contributed by atoms with van der Waals surface area (Å²) in [5.74, 6) is 0.177. The second-order valence-electron chi connectivity index (χ2n) is 14.9. The van der Waals surface area contributed by atoms with Gasteiger partial charge in [-0.15, -0.1) is 11.8 Å². The van der Waals surface area contributed by atoms with Gasteiger partial charge in [-0.05, 0) is 92.8 Å². The molecule has 4 N–H and O–H groups in total. The zero-order chi connectivity index (χ0) is 41.5. The van der Waals surface area contributed by atoms with Gasteiger partial charge < -0.3 is 30.5 Å². The quantitative estimate of drug-likeness (QED) is 0.0575. The highest BCUT2D eigenvalue weighted by atomic mass is 35.5. The predicted molar refractivity (Wildman–Crippen MR) is 223 cm³/mol. The van der Waals surface area contributed by atoms with E-state index in [-0.39, 0.29) is 41.1 Å². The zero-order valence-corrected chi connectivity index (χ0v) is 34.2. The molecule has 4 heterocycles. The van der Waals surface area contributed by atoms with Crippen LogP contribution in [0.3, 0.4) is 0 Å². The van der Waals surface area contributed by atoms with Crippen molar-refractivity contribution in [3.63, 3.8) is 0 Å². The number of hydrogen-bond acceptors (Lipinski definition) is 11. The summed E-state index contributed by atoms with van der Waals surface area (Å²) in [4.78, 5) is 76.5. The van der Waals surface area contributed by atoms with E-state index in [0.29, 0.717) is 71.6 Å². The summed E-state index contributed by atoms with van der Waals surface area (Å²) in [7, 11) is 1.52. The average Bonchev–Trinajstić information content (AvgIpc) is 3.56. The number of imide groups is 1. The molecule has 1 unspecified atom stereocenters. The first-order valence-corrected chi connectivity index (χ1v) is 21.2. The number of fused-ring (bicyclic) bond motifs is 2. The fourth-order valence-corrected chi connectivity index (χ4v) is 8.97. The van der Waals surface area contributed by atoms with Crippen LogP contribution in [0.5, 0.6) is 5.75 Å². The number of unbranched alkanes of at least 4 members (excludes halogenated alkanes) is 1. The fraction of sp³-hybridized carbons (Fsp3) is 0.405. The minimum Gasteiger partial charge on any atom is -0.494 e. The van der Waals surface area contributed by atoms with Crippen LogP contribution in [0.15, 0.2) is 59.8 Å². The van der Waals surface area contributed by atoms with Crippen LogP contribution >= 0.6 is 23.4 Å². The molecule has 17 heteroatoms. The molecule has 5 amide bonds. The molecule has 310 valence electrons. The van der Waals surface area contributed by atoms with Crippen LogP contribution in [-0.4, -0.2) is 93.9 Å². The van der Waals surface area contributed by atoms with Gasteiger partial charge >= 0.3 is 0 Å². The summed E-state index contributed by atoms with van der Waals surface area (Å²) in [6, 6.07) is 12.9. The molecule has 0 spiro atoms. The molecule has 1 atom stereocenters. The van der Waals surface area contributed by atoms with Crippen molar-refractivity contribution in [2.24, 2.45) is 0 Å². The van der Waals surface area contributed by atoms with Crippen LogP contribution in [0.25, 0.3) is 10.9 Å². The summed E-state index contributed by atoms with van der Waals surface area (Å²) >= 11 is 7.61. The lowest BCUT2D eigenvalue weighted by molar-refractivity contribution is -0.137. The third-order valence-electron chi connectivity index (χ3n) is 10.8. The van der Waals surface area contributed by atoms with Crippen molar-refractivity contribution in [1.82, 2.24) is 30.4 Å². The van der Waals surface area contributed by atoms with Gasteiger partial charge in [-0.25, -0.2) is 14.4 Å². The van der Waals surface area contributed by atoms with Crippen LogP contribution in [0, 0.1) is 5.82 Å². The lowest BCUT2D eigenvalue weighted by atomic mass is 10.0. The van der Waals surface area contributed by atoms with Crippen molar-refractivity contribution in [2.75, 3.05) is 43.1 Å². The van der Waals surface area contributed by atoms with Crippen LogP contribution in [0.4, 0.5) is 21.6 Å². The predicted octanol–water partition coefficient (Wildman–Crippen LogP) is 6.20. The number of hydrogen-bond donors (Lipinski definition) is 4. The molecule has 0 aliphatic carbocycles. The molecule has 0 saturated carbocycles. The number of nitrogens with zero attached hydrogens (tertiary/aromatic N) is 4. The van der Waals surface area contributed by atoms with E-state index in [0.717, 1.165) is 61.5 Å². The number of benzene rings is 3. The lowest BCUT2D eigenvalue weighted by Gasteiger charge is -2.32. The molecule has 59 heavy (non-hydrogen) atoms. The lowest BCUT2D eigenvalue weighted by Crippen LogP contribution is -2.52. The summed E-state index contributed by atoms with van der Waals surface area (Å²) < 4.78 is 19.2. The molecule has 3 aliphatic heterocycles. The number of ether oxygens (including phenoxy) is 1. The molecule has 7 rings (SSSR count). The first-order chi connectivity index (χ1) is 28.6. The minimum absolute atomic E-state index is 0.0210. The van der Waals surface area contributed by atoms with Gasteiger partial charge in [0.25, 0.3) is 5.91 Å². The molecular formula is C42H46ClFN8O6S. The average molecular weight is 845 g/mol. The Morgan fingerprint density at radius 1 is 1.00 bits per heavy atom. The number of halogens is 2. The summed E-state index contributed by atoms with van der Waals surface area (Å²) in [5.41, 5.74) is 3.13. The number of thioether (sulfide) groups is 1. The van der Waals surface area contributed by atoms with E-state index < -0.39 is 17.8 Å². The van der Waals surface area contributed by atoms with Crippen molar-refractivity contribution in [3.8, 4) is 5.75 Å². The normalized spacial score (nSPS) is 17.2. The monoisotopic (exact) mass is 844 g/mol. The van der Waals surface area contributed by atoms with Crippen molar-refractivity contribution < 1.29 is 33.1 Å². The Morgan fingerprint density at radius 2 is 1.81 bits per heavy atom. The molecule has 3 aliphatic rings. The molecule has 2 fully saturated rings. The van der Waals surface area contributed by atoms with Crippen molar-refractivity contribution in [1.29, 1.82) is 0 Å². The standard InChI is InChI=1S/C42H46ClFN8O6S/c1-58-35-22-32-28(40(46-24-45-32)48-26-10-11-31(44)30(43)20-26)21-33(35)49-38(54)9-5-16-51-17-14-25(15-18-51)47-37(53)8-2-3-19-59-36-7-4-6-27-29(36)23-52(42(27)57)34-12-13-39(55)50-41(34)56/h4,6-7,10-11,20-22,24-25,34H,2-3,5,8-9,12-19,23H2,1H3,(H,47,53)(H,49,54)(H,45,46,48)(H,50,55,56). The van der Waals surface area contributed by atoms with E-state index in [1.165, 1.54) is 25.6 Å². The highest BCUT2D eigenvalue weighted by molar-refractivity contribution is 7.99. The molecule has 3 aromatic carbocycles. The van der Waals surface area contributed by atoms with Gasteiger partial charge in [-0.2, -0.15) is 0 Å². The van der Waals surface area contributed by atoms with Gasteiger partial charge in [0, 0.05) is 72.5 Å². The number of amides is 5. The van der Waals surface area contributed by atoms with Gasteiger partial charge in [-0.3, -0.25) is 29.3 Å². The van der Waals surface area contributed by atoms with Crippen molar-refractivity contribution in [2.45, 2.75) is 81.3 Å². The van der Waals surface area contributed by atoms with Gasteiger partial charge in [-0.1, -0.05) is 17.7 Å². The fourth-order valence-electron chi connectivity index (χ4n) is 7.70. The number of anilines is 3. The molecule has 0 bridgehead atoms. The van der Waals surface area contributed by atoms with Gasteiger partial charge in [0.15, 0.2) is 0 Å². The third-order valence-corrected chi connectivity index (χ3v) is 12.3. The summed E-state index contributed by atoms with van der Waals surface area (Å²) in [6.45, 7) is 2.77. The van der Waals surface area contributed by atoms with E-state index in [4.69, 9.17) is 16.3 Å². The SMILES string of the molecule is COc1cc2ncnc(Nc3ccc(F)c(Cl)c3)c2cc1NC(=O)CCCN1CCC(NC(=O)CCCCSc2cccc3c2CN(C2CCC(=O)NC2=O)C3=O)CC1. The Morgan fingerprint density at radius 3 is 2.59 bits per heavy atom. The number of nitrogens with one attached hydrogen (secondary N) is 4. The Kier molecular flexibility index (Phi) is 13.6.